The lowest BCUT2D eigenvalue weighted by atomic mass is 9.53. The van der Waals surface area contributed by atoms with E-state index in [-0.39, 0.29) is 36.3 Å². The predicted molar refractivity (Wildman–Crippen MR) is 189 cm³/mol. The normalized spacial score (nSPS) is 30.7. The van der Waals surface area contributed by atoms with E-state index in [1.54, 1.807) is 0 Å². The molecule has 0 radical (unpaired) electrons. The highest BCUT2D eigenvalue weighted by Crippen LogP contribution is 2.55. The number of hydrogen-bond donors (Lipinski definition) is 3. The van der Waals surface area contributed by atoms with Crippen molar-refractivity contribution < 1.29 is 19.4 Å². The molecule has 7 nitrogen and oxygen atoms in total. The molecule has 1 aliphatic heterocycles. The molecule has 0 unspecified atom stereocenters. The number of carbonyl (C=O) groups excluding carboxylic acids is 1. The zero-order valence-electron chi connectivity index (χ0n) is 28.4. The number of rotatable bonds is 11. The van der Waals surface area contributed by atoms with Gasteiger partial charge in [0, 0.05) is 36.7 Å². The third kappa shape index (κ3) is 7.25. The molecule has 2 amide bonds. The van der Waals surface area contributed by atoms with Crippen LogP contribution in [0, 0.1) is 23.7 Å². The molecule has 254 valence electrons. The van der Waals surface area contributed by atoms with Crippen LogP contribution in [0.1, 0.15) is 80.1 Å². The summed E-state index contributed by atoms with van der Waals surface area (Å²) < 4.78 is 13.4. The maximum atomic E-state index is 13.1. The van der Waals surface area contributed by atoms with Crippen LogP contribution in [-0.2, 0) is 22.6 Å². The van der Waals surface area contributed by atoms with Crippen LogP contribution in [0.5, 0.6) is 0 Å². The molecule has 5 aliphatic rings. The molecule has 4 atom stereocenters. The summed E-state index contributed by atoms with van der Waals surface area (Å²) in [4.78, 5) is 15.3. The summed E-state index contributed by atoms with van der Waals surface area (Å²) in [6, 6.07) is 24.8. The molecule has 5 fully saturated rings. The van der Waals surface area contributed by atoms with Gasteiger partial charge in [-0.15, -0.1) is 6.58 Å². The molecular weight excluding hydrogens is 598 g/mol. The Kier molecular flexibility index (Phi) is 9.75. The standard InChI is InChI=1S/C41H51N3O4/c1-4-15-44(3)25-37-27(2)38(33-13-11-28(26-45)12-14-33)48-39(47-37)36-10-6-9-35(20-36)34-8-5-7-29(19-34)24-42-40(46)43-41-21-30-16-31(22-41)18-32(17-30)23-41/h4-14,19-20,27,30-32,37-39,45H,1,15-18,21-26H2,2-3H3,(H2,42,43,46)/t27-,30?,31?,32?,37+,38+,39+,41?/m0/s1. The van der Waals surface area contributed by atoms with Crippen molar-refractivity contribution in [3.05, 3.63) is 108 Å². The van der Waals surface area contributed by atoms with Crippen LogP contribution in [0.2, 0.25) is 0 Å². The Morgan fingerprint density at radius 3 is 2.25 bits per heavy atom. The number of likely N-dealkylation sites (N-methyl/N-ethyl adjacent to an activating group) is 1. The van der Waals surface area contributed by atoms with E-state index in [0.29, 0.717) is 6.54 Å². The van der Waals surface area contributed by atoms with Crippen LogP contribution in [0.4, 0.5) is 4.79 Å². The van der Waals surface area contributed by atoms with Gasteiger partial charge in [0.2, 0.25) is 0 Å². The molecule has 3 aromatic carbocycles. The Bertz CT molecular complexity index is 1550. The number of hydrogen-bond acceptors (Lipinski definition) is 5. The van der Waals surface area contributed by atoms with Crippen LogP contribution < -0.4 is 10.6 Å². The van der Waals surface area contributed by atoms with Crippen molar-refractivity contribution in [1.29, 1.82) is 0 Å². The first-order valence-corrected chi connectivity index (χ1v) is 17.8. The van der Waals surface area contributed by atoms with E-state index >= 15 is 0 Å². The molecule has 3 aromatic rings. The molecular formula is C41H51N3O4. The fourth-order valence-electron chi connectivity index (χ4n) is 9.39. The minimum atomic E-state index is -0.538. The third-order valence-electron chi connectivity index (χ3n) is 11.3. The van der Waals surface area contributed by atoms with Crippen LogP contribution in [0.15, 0.2) is 85.5 Å². The largest absolute Gasteiger partial charge is 0.392 e. The van der Waals surface area contributed by atoms with Crippen molar-refractivity contribution in [2.45, 2.75) is 82.6 Å². The number of nitrogens with one attached hydrogen (secondary N) is 2. The Morgan fingerprint density at radius 1 is 0.917 bits per heavy atom. The highest BCUT2D eigenvalue weighted by Gasteiger charge is 2.51. The number of nitrogens with zero attached hydrogens (tertiary/aromatic N) is 1. The quantitative estimate of drug-likeness (QED) is 0.187. The van der Waals surface area contributed by atoms with Crippen LogP contribution >= 0.6 is 0 Å². The van der Waals surface area contributed by atoms with Gasteiger partial charge in [0.1, 0.15) is 0 Å². The minimum Gasteiger partial charge on any atom is -0.392 e. The van der Waals surface area contributed by atoms with Crippen LogP contribution in [0.25, 0.3) is 11.1 Å². The fourth-order valence-corrected chi connectivity index (χ4v) is 9.39. The second-order valence-electron chi connectivity index (χ2n) is 15.2. The SMILES string of the molecule is C=CCN(C)C[C@H]1O[C@@H](c2cccc(-c3cccc(CNC(=O)NC45CC6CC(CC(C6)C4)C5)c3)c2)O[C@@H](c2ccc(CO)cc2)[C@H]1C. The topological polar surface area (TPSA) is 83.1 Å². The summed E-state index contributed by atoms with van der Waals surface area (Å²) in [5.74, 6) is 2.50. The molecule has 0 spiro atoms. The average Bonchev–Trinajstić information content (AvgIpc) is 3.08. The van der Waals surface area contributed by atoms with E-state index in [1.807, 2.05) is 18.2 Å². The van der Waals surface area contributed by atoms with Crippen LogP contribution in [-0.4, -0.2) is 47.8 Å². The number of ether oxygens (including phenoxy) is 2. The van der Waals surface area contributed by atoms with E-state index in [1.165, 1.54) is 19.3 Å². The molecule has 7 heteroatoms. The number of aliphatic hydroxyl groups excluding tert-OH is 1. The van der Waals surface area contributed by atoms with E-state index < -0.39 is 6.29 Å². The molecule has 1 heterocycles. The molecule has 4 bridgehead atoms. The minimum absolute atomic E-state index is 0.00411. The smallest absolute Gasteiger partial charge is 0.315 e. The highest BCUT2D eigenvalue weighted by molar-refractivity contribution is 5.75. The van der Waals surface area contributed by atoms with Gasteiger partial charge in [-0.2, -0.15) is 0 Å². The molecule has 8 rings (SSSR count). The van der Waals surface area contributed by atoms with Crippen molar-refractivity contribution in [2.75, 3.05) is 20.1 Å². The number of carbonyl (C=O) groups is 1. The van der Waals surface area contributed by atoms with Gasteiger partial charge >= 0.3 is 6.03 Å². The van der Waals surface area contributed by atoms with Crippen molar-refractivity contribution in [3.63, 3.8) is 0 Å². The number of benzene rings is 3. The summed E-state index contributed by atoms with van der Waals surface area (Å²) in [7, 11) is 2.09. The van der Waals surface area contributed by atoms with E-state index in [9.17, 15) is 9.90 Å². The monoisotopic (exact) mass is 649 g/mol. The molecule has 48 heavy (non-hydrogen) atoms. The predicted octanol–water partition coefficient (Wildman–Crippen LogP) is 7.52. The Labute approximate surface area is 285 Å². The van der Waals surface area contributed by atoms with Crippen LogP contribution in [0.3, 0.4) is 0 Å². The van der Waals surface area contributed by atoms with E-state index in [0.717, 1.165) is 83.5 Å². The summed E-state index contributed by atoms with van der Waals surface area (Å²) in [5.41, 5.74) is 6.14. The summed E-state index contributed by atoms with van der Waals surface area (Å²) in [6.45, 7) is 8.12. The van der Waals surface area contributed by atoms with Gasteiger partial charge in [-0.25, -0.2) is 4.79 Å². The number of urea groups is 1. The van der Waals surface area contributed by atoms with E-state index in [2.05, 4.69) is 96.7 Å². The summed E-state index contributed by atoms with van der Waals surface area (Å²) in [6.07, 6.45) is 8.68. The van der Waals surface area contributed by atoms with Gasteiger partial charge in [-0.3, -0.25) is 0 Å². The van der Waals surface area contributed by atoms with Crippen molar-refractivity contribution in [2.24, 2.45) is 23.7 Å². The molecule has 4 aliphatic carbocycles. The first-order valence-electron chi connectivity index (χ1n) is 17.8. The molecule has 1 saturated heterocycles. The van der Waals surface area contributed by atoms with Gasteiger partial charge < -0.3 is 30.1 Å². The number of amides is 2. The third-order valence-corrected chi connectivity index (χ3v) is 11.3. The lowest BCUT2D eigenvalue weighted by Crippen LogP contribution is -2.61. The van der Waals surface area contributed by atoms with Gasteiger partial charge in [0.15, 0.2) is 6.29 Å². The first-order chi connectivity index (χ1) is 23.3. The van der Waals surface area contributed by atoms with Crippen molar-refractivity contribution >= 4 is 6.03 Å². The fraction of sp³-hybridized carbons (Fsp3) is 0.488. The average molecular weight is 650 g/mol. The van der Waals surface area contributed by atoms with Gasteiger partial charge in [-0.1, -0.05) is 73.7 Å². The van der Waals surface area contributed by atoms with E-state index in [4.69, 9.17) is 9.47 Å². The molecule has 3 N–H and O–H groups in total. The van der Waals surface area contributed by atoms with Crippen molar-refractivity contribution in [3.8, 4) is 11.1 Å². The van der Waals surface area contributed by atoms with Gasteiger partial charge in [0.05, 0.1) is 18.8 Å². The Hall–Kier alpha value is -3.49. The summed E-state index contributed by atoms with van der Waals surface area (Å²) in [5, 5.41) is 16.2. The Morgan fingerprint density at radius 2 is 1.58 bits per heavy atom. The maximum absolute atomic E-state index is 13.1. The first kappa shape index (κ1) is 33.0. The van der Waals surface area contributed by atoms with Gasteiger partial charge in [0.25, 0.3) is 0 Å². The van der Waals surface area contributed by atoms with Crippen molar-refractivity contribution in [1.82, 2.24) is 15.5 Å². The zero-order chi connectivity index (χ0) is 33.3. The highest BCUT2D eigenvalue weighted by atomic mass is 16.7. The molecule has 0 aromatic heterocycles. The molecule has 4 saturated carbocycles. The lowest BCUT2D eigenvalue weighted by molar-refractivity contribution is -0.275. The second kappa shape index (κ2) is 14.2. The zero-order valence-corrected chi connectivity index (χ0v) is 28.4. The second-order valence-corrected chi connectivity index (χ2v) is 15.2. The number of aliphatic hydroxyl groups is 1. The van der Waals surface area contributed by atoms with Gasteiger partial charge in [-0.05, 0) is 103 Å². The maximum Gasteiger partial charge on any atom is 0.315 e. The Balaban J connectivity index is 1.05. The summed E-state index contributed by atoms with van der Waals surface area (Å²) >= 11 is 0. The lowest BCUT2D eigenvalue weighted by Gasteiger charge is -2.56.